The summed E-state index contributed by atoms with van der Waals surface area (Å²) in [5.74, 6) is 0. The Morgan fingerprint density at radius 3 is 0.500 bits per heavy atom. The first-order chi connectivity index (χ1) is 0. The Morgan fingerprint density at radius 2 is 0.500 bits per heavy atom. The van der Waals surface area contributed by atoms with E-state index in [1.165, 1.54) is 0 Å². The molecule has 0 fully saturated rings. The maximum Gasteiger partial charge on any atom is 1.00 e. The fourth-order valence-corrected chi connectivity index (χ4v) is 0. The standard InChI is InChI=1S/FH.4Li.H3N/h1H;;;;;1H3/q;4*+1;. The summed E-state index contributed by atoms with van der Waals surface area (Å²) in [6, 6.07) is 0. The number of rotatable bonds is 0. The Balaban J connectivity index is 0. The van der Waals surface area contributed by atoms with Gasteiger partial charge < -0.3 is 10.9 Å². The summed E-state index contributed by atoms with van der Waals surface area (Å²) in [6.45, 7) is 0. The van der Waals surface area contributed by atoms with Crippen molar-refractivity contribution >= 4 is 0 Å². The summed E-state index contributed by atoms with van der Waals surface area (Å²) in [7, 11) is 0. The number of quaternary nitrogens is 1. The molecular weight excluding hydrogens is 60.8 g/mol. The van der Waals surface area contributed by atoms with E-state index in [1.54, 1.807) is 0 Å². The fourth-order valence-electron chi connectivity index (χ4n) is 0. The van der Waals surface area contributed by atoms with Crippen molar-refractivity contribution in [1.82, 2.24) is 6.15 Å². The zero-order valence-electron chi connectivity index (χ0n) is 5.38. The molecule has 0 unspecified atom stereocenters. The van der Waals surface area contributed by atoms with Gasteiger partial charge in [0, 0.05) is 0 Å². The van der Waals surface area contributed by atoms with Crippen molar-refractivity contribution in [2.24, 2.45) is 0 Å². The van der Waals surface area contributed by atoms with E-state index in [2.05, 4.69) is 0 Å². The second-order valence-electron chi connectivity index (χ2n) is 0. The van der Waals surface area contributed by atoms with E-state index in [9.17, 15) is 0 Å². The summed E-state index contributed by atoms with van der Waals surface area (Å²) < 4.78 is 0. The van der Waals surface area contributed by atoms with Gasteiger partial charge in [0.2, 0.25) is 0 Å². The molecule has 6 heavy (non-hydrogen) atoms. The summed E-state index contributed by atoms with van der Waals surface area (Å²) >= 11 is 0. The molecule has 0 radical (unpaired) electrons. The van der Waals surface area contributed by atoms with Gasteiger partial charge in [0.1, 0.15) is 0 Å². The van der Waals surface area contributed by atoms with Gasteiger partial charge in [-0.2, -0.15) is 0 Å². The SMILES string of the molecule is [F-].[Li+].[Li+].[Li+].[Li+].[NH4+]. The summed E-state index contributed by atoms with van der Waals surface area (Å²) in [5, 5.41) is 0. The minimum absolute atomic E-state index is 0. The first-order valence-corrected chi connectivity index (χ1v) is 0. The van der Waals surface area contributed by atoms with Gasteiger partial charge in [0.15, 0.2) is 0 Å². The molecule has 0 heterocycles. The molecule has 0 aromatic rings. The molecule has 0 aromatic heterocycles. The second kappa shape index (κ2) is 55.2. The van der Waals surface area contributed by atoms with Crippen LogP contribution in [0.15, 0.2) is 0 Å². The van der Waals surface area contributed by atoms with Crippen LogP contribution >= 0.6 is 0 Å². The van der Waals surface area contributed by atoms with E-state index in [1.807, 2.05) is 0 Å². The molecule has 0 spiro atoms. The van der Waals surface area contributed by atoms with Crippen LogP contribution in [0.25, 0.3) is 0 Å². The van der Waals surface area contributed by atoms with Crippen LogP contribution < -0.4 is 86.3 Å². The number of hydrogen-bond acceptors (Lipinski definition) is 0. The molecule has 6 heteroatoms. The van der Waals surface area contributed by atoms with Gasteiger partial charge in [-0.3, -0.25) is 0 Å². The van der Waals surface area contributed by atoms with E-state index in [-0.39, 0.29) is 86.3 Å². The molecular formula is H4FLi4N+4. The van der Waals surface area contributed by atoms with Gasteiger partial charge >= 0.3 is 75.4 Å². The molecule has 0 rings (SSSR count). The minimum Gasteiger partial charge on any atom is -1.00 e. The van der Waals surface area contributed by atoms with Crippen molar-refractivity contribution < 1.29 is 80.1 Å². The first-order valence-electron chi connectivity index (χ1n) is 0. The van der Waals surface area contributed by atoms with Crippen molar-refractivity contribution in [3.63, 3.8) is 0 Å². The number of hydrogen-bond donors (Lipinski definition) is 1. The van der Waals surface area contributed by atoms with Gasteiger partial charge in [-0.05, 0) is 0 Å². The van der Waals surface area contributed by atoms with Crippen molar-refractivity contribution in [1.29, 1.82) is 0 Å². The van der Waals surface area contributed by atoms with Crippen molar-refractivity contribution in [3.8, 4) is 0 Å². The zero-order valence-corrected chi connectivity index (χ0v) is 5.38. The fraction of sp³-hybridized carbons (Fsp3) is 0. The average molecular weight is 64.8 g/mol. The largest absolute Gasteiger partial charge is 1.00 e. The molecule has 0 amide bonds. The molecule has 16 valence electrons. The van der Waals surface area contributed by atoms with Gasteiger partial charge in [0.05, 0.1) is 0 Å². The molecule has 0 aromatic carbocycles. The third-order valence-corrected chi connectivity index (χ3v) is 0. The number of halogens is 1. The van der Waals surface area contributed by atoms with Crippen LogP contribution in [0, 0.1) is 0 Å². The van der Waals surface area contributed by atoms with Crippen LogP contribution in [0.5, 0.6) is 0 Å². The Kier molecular flexibility index (Phi) is 777. The zero-order chi connectivity index (χ0) is 0. The average Bonchev–Trinajstić information content (AvgIpc) is 0. The van der Waals surface area contributed by atoms with Crippen LogP contribution in [-0.2, 0) is 0 Å². The molecule has 0 saturated carbocycles. The van der Waals surface area contributed by atoms with E-state index in [0.29, 0.717) is 0 Å². The van der Waals surface area contributed by atoms with Gasteiger partial charge in [-0.25, -0.2) is 0 Å². The first kappa shape index (κ1) is 84.4. The van der Waals surface area contributed by atoms with E-state index < -0.39 is 0 Å². The minimum atomic E-state index is 0. The smallest absolute Gasteiger partial charge is 1.00 e. The summed E-state index contributed by atoms with van der Waals surface area (Å²) in [5.41, 5.74) is 0. The molecule has 0 aliphatic rings. The van der Waals surface area contributed by atoms with Crippen molar-refractivity contribution in [2.75, 3.05) is 0 Å². The van der Waals surface area contributed by atoms with Crippen LogP contribution in [0.2, 0.25) is 0 Å². The molecule has 0 saturated heterocycles. The van der Waals surface area contributed by atoms with Gasteiger partial charge in [-0.1, -0.05) is 0 Å². The molecule has 0 aliphatic heterocycles. The van der Waals surface area contributed by atoms with E-state index in [0.717, 1.165) is 0 Å². The third-order valence-electron chi connectivity index (χ3n) is 0. The topological polar surface area (TPSA) is 36.5 Å². The predicted octanol–water partition coefficient (Wildman–Crippen LogP) is -14.6. The van der Waals surface area contributed by atoms with Crippen LogP contribution in [0.4, 0.5) is 0 Å². The van der Waals surface area contributed by atoms with Crippen molar-refractivity contribution in [2.45, 2.75) is 0 Å². The van der Waals surface area contributed by atoms with Crippen molar-refractivity contribution in [3.05, 3.63) is 0 Å². The third kappa shape index (κ3) is 33.7. The van der Waals surface area contributed by atoms with Gasteiger partial charge in [-0.15, -0.1) is 0 Å². The molecule has 0 aliphatic carbocycles. The Bertz CT molecular complexity index is 7.51. The molecule has 4 N–H and O–H groups in total. The molecule has 1 nitrogen and oxygen atoms in total. The van der Waals surface area contributed by atoms with E-state index in [4.69, 9.17) is 0 Å². The van der Waals surface area contributed by atoms with Crippen LogP contribution in [-0.4, -0.2) is 0 Å². The Hall–Kier alpha value is 2.28. The quantitative estimate of drug-likeness (QED) is 0.272. The maximum atomic E-state index is 0. The Labute approximate surface area is 85.4 Å². The predicted molar refractivity (Wildman–Crippen MR) is 5.98 cm³/mol. The van der Waals surface area contributed by atoms with E-state index >= 15 is 0 Å². The summed E-state index contributed by atoms with van der Waals surface area (Å²) in [6.07, 6.45) is 0. The monoisotopic (exact) mass is 65.1 g/mol. The summed E-state index contributed by atoms with van der Waals surface area (Å²) in [4.78, 5) is 0. The molecule has 0 atom stereocenters. The maximum absolute atomic E-state index is 0. The van der Waals surface area contributed by atoms with Crippen LogP contribution in [0.1, 0.15) is 0 Å². The normalized spacial score (nSPS) is 0. The van der Waals surface area contributed by atoms with Crippen LogP contribution in [0.3, 0.4) is 0 Å². The second-order valence-corrected chi connectivity index (χ2v) is 0. The van der Waals surface area contributed by atoms with Gasteiger partial charge in [0.25, 0.3) is 0 Å². The molecule has 0 bridgehead atoms. The Morgan fingerprint density at radius 1 is 0.500 bits per heavy atom.